The van der Waals surface area contributed by atoms with Crippen LogP contribution < -0.4 is 10.1 Å². The Balaban J connectivity index is 2.57. The molecule has 0 aliphatic rings. The van der Waals surface area contributed by atoms with Crippen LogP contribution in [0.1, 0.15) is 20.8 Å². The van der Waals surface area contributed by atoms with Gasteiger partial charge in [0.05, 0.1) is 18.5 Å². The van der Waals surface area contributed by atoms with E-state index in [0.717, 1.165) is 0 Å². The topological polar surface area (TPSA) is 47.0 Å². The van der Waals surface area contributed by atoms with Crippen molar-refractivity contribution in [3.8, 4) is 5.88 Å². The van der Waals surface area contributed by atoms with Gasteiger partial charge in [-0.2, -0.15) is 4.98 Å². The molecule has 4 nitrogen and oxygen atoms in total. The van der Waals surface area contributed by atoms with Crippen LogP contribution in [0.4, 0.5) is 5.82 Å². The predicted octanol–water partition coefficient (Wildman–Crippen LogP) is 2.30. The number of hydrogen-bond donors (Lipinski definition) is 1. The van der Waals surface area contributed by atoms with Crippen LogP contribution in [-0.2, 0) is 0 Å². The highest BCUT2D eigenvalue weighted by molar-refractivity contribution is 6.20. The fraction of sp³-hybridized carbons (Fsp3) is 0.600. The number of rotatable bonds is 5. The Hall–Kier alpha value is -1.03. The van der Waals surface area contributed by atoms with Crippen LogP contribution in [0.2, 0.25) is 0 Å². The maximum absolute atomic E-state index is 5.81. The second kappa shape index (κ2) is 5.75. The van der Waals surface area contributed by atoms with Gasteiger partial charge in [-0.05, 0) is 20.8 Å². The zero-order valence-corrected chi connectivity index (χ0v) is 9.95. The van der Waals surface area contributed by atoms with Crippen molar-refractivity contribution in [1.29, 1.82) is 0 Å². The summed E-state index contributed by atoms with van der Waals surface area (Å²) in [6, 6.07) is 0. The van der Waals surface area contributed by atoms with Gasteiger partial charge in [0, 0.05) is 11.9 Å². The third-order valence-corrected chi connectivity index (χ3v) is 1.69. The molecule has 0 saturated heterocycles. The number of nitrogens with one attached hydrogen (secondary N) is 1. The molecule has 15 heavy (non-hydrogen) atoms. The van der Waals surface area contributed by atoms with E-state index >= 15 is 0 Å². The molecule has 1 unspecified atom stereocenters. The zero-order valence-electron chi connectivity index (χ0n) is 9.20. The largest absolute Gasteiger partial charge is 0.474 e. The molecule has 5 heteroatoms. The minimum Gasteiger partial charge on any atom is -0.474 e. The Kier molecular flexibility index (Phi) is 4.62. The maximum Gasteiger partial charge on any atom is 0.234 e. The highest BCUT2D eigenvalue weighted by Gasteiger charge is 2.02. The van der Waals surface area contributed by atoms with E-state index < -0.39 is 0 Å². The molecule has 0 radical (unpaired) electrons. The maximum atomic E-state index is 5.81. The molecule has 1 N–H and O–H groups in total. The summed E-state index contributed by atoms with van der Waals surface area (Å²) < 4.78 is 5.42. The Labute approximate surface area is 95.0 Å². The van der Waals surface area contributed by atoms with Crippen molar-refractivity contribution in [3.05, 3.63) is 12.4 Å². The molecule has 1 aromatic heterocycles. The van der Waals surface area contributed by atoms with Gasteiger partial charge in [0.15, 0.2) is 0 Å². The van der Waals surface area contributed by atoms with Gasteiger partial charge in [-0.25, -0.2) is 0 Å². The third-order valence-electron chi connectivity index (χ3n) is 1.53. The van der Waals surface area contributed by atoms with Gasteiger partial charge in [0.1, 0.15) is 5.82 Å². The standard InChI is InChI=1S/C10H16ClN3O/c1-7(2)15-10-6-12-5-9(14-10)13-4-8(3)11/h5-8H,4H2,1-3H3,(H,13,14). The number of hydrogen-bond acceptors (Lipinski definition) is 4. The van der Waals surface area contributed by atoms with E-state index in [1.165, 1.54) is 0 Å². The van der Waals surface area contributed by atoms with Crippen molar-refractivity contribution >= 4 is 17.4 Å². The predicted molar refractivity (Wildman–Crippen MR) is 61.6 cm³/mol. The van der Waals surface area contributed by atoms with Crippen LogP contribution in [-0.4, -0.2) is 28.0 Å². The summed E-state index contributed by atoms with van der Waals surface area (Å²) >= 11 is 5.81. The second-order valence-electron chi connectivity index (χ2n) is 3.57. The summed E-state index contributed by atoms with van der Waals surface area (Å²) in [6.45, 7) is 6.46. The van der Waals surface area contributed by atoms with Crippen LogP contribution in [0.5, 0.6) is 5.88 Å². The summed E-state index contributed by atoms with van der Waals surface area (Å²) in [5, 5.41) is 3.13. The number of anilines is 1. The first kappa shape index (κ1) is 12.0. The van der Waals surface area contributed by atoms with E-state index in [-0.39, 0.29) is 11.5 Å². The summed E-state index contributed by atoms with van der Waals surface area (Å²) in [5.74, 6) is 1.21. The average Bonchev–Trinajstić information content (AvgIpc) is 2.14. The van der Waals surface area contributed by atoms with Gasteiger partial charge in [-0.15, -0.1) is 11.6 Å². The Bertz CT molecular complexity index is 304. The molecular formula is C10H16ClN3O. The first-order chi connectivity index (χ1) is 7.08. The molecule has 0 fully saturated rings. The quantitative estimate of drug-likeness (QED) is 0.788. The van der Waals surface area contributed by atoms with Crippen molar-refractivity contribution in [2.45, 2.75) is 32.3 Å². The fourth-order valence-electron chi connectivity index (χ4n) is 0.977. The van der Waals surface area contributed by atoms with Crippen molar-refractivity contribution in [1.82, 2.24) is 9.97 Å². The lowest BCUT2D eigenvalue weighted by atomic mass is 10.4. The summed E-state index contributed by atoms with van der Waals surface area (Å²) in [5.41, 5.74) is 0. The third kappa shape index (κ3) is 4.83. The van der Waals surface area contributed by atoms with Crippen LogP contribution in [0.3, 0.4) is 0 Å². The van der Waals surface area contributed by atoms with Crippen molar-refractivity contribution in [2.24, 2.45) is 0 Å². The van der Waals surface area contributed by atoms with Crippen molar-refractivity contribution in [3.63, 3.8) is 0 Å². The van der Waals surface area contributed by atoms with E-state index in [4.69, 9.17) is 16.3 Å². The van der Waals surface area contributed by atoms with Gasteiger partial charge < -0.3 is 10.1 Å². The van der Waals surface area contributed by atoms with Gasteiger partial charge in [-0.1, -0.05) is 0 Å². The summed E-state index contributed by atoms with van der Waals surface area (Å²) in [6.07, 6.45) is 3.34. The number of ether oxygens (including phenoxy) is 1. The number of nitrogens with zero attached hydrogens (tertiary/aromatic N) is 2. The lowest BCUT2D eigenvalue weighted by molar-refractivity contribution is 0.232. The molecule has 0 bridgehead atoms. The number of aromatic nitrogens is 2. The Morgan fingerprint density at radius 2 is 2.13 bits per heavy atom. The van der Waals surface area contributed by atoms with Gasteiger partial charge >= 0.3 is 0 Å². The minimum atomic E-state index is 0.0569. The molecular weight excluding hydrogens is 214 g/mol. The second-order valence-corrected chi connectivity index (χ2v) is 4.32. The van der Waals surface area contributed by atoms with Gasteiger partial charge in [0.25, 0.3) is 0 Å². The smallest absolute Gasteiger partial charge is 0.234 e. The van der Waals surface area contributed by atoms with E-state index in [2.05, 4.69) is 15.3 Å². The van der Waals surface area contributed by atoms with E-state index in [0.29, 0.717) is 18.2 Å². The van der Waals surface area contributed by atoms with Crippen LogP contribution in [0, 0.1) is 0 Å². The highest BCUT2D eigenvalue weighted by atomic mass is 35.5. The molecule has 0 aromatic carbocycles. The monoisotopic (exact) mass is 229 g/mol. The minimum absolute atomic E-state index is 0.0569. The molecule has 0 amide bonds. The van der Waals surface area contributed by atoms with Crippen molar-refractivity contribution in [2.75, 3.05) is 11.9 Å². The summed E-state index contributed by atoms with van der Waals surface area (Å²) in [7, 11) is 0. The van der Waals surface area contributed by atoms with Crippen LogP contribution in [0.15, 0.2) is 12.4 Å². The lowest BCUT2D eigenvalue weighted by Crippen LogP contribution is -2.13. The Morgan fingerprint density at radius 3 is 2.73 bits per heavy atom. The first-order valence-electron chi connectivity index (χ1n) is 4.94. The number of halogens is 1. The fourth-order valence-corrected chi connectivity index (χ4v) is 1.05. The Morgan fingerprint density at radius 1 is 1.40 bits per heavy atom. The molecule has 1 atom stereocenters. The first-order valence-corrected chi connectivity index (χ1v) is 5.38. The van der Waals surface area contributed by atoms with Gasteiger partial charge in [0.2, 0.25) is 5.88 Å². The highest BCUT2D eigenvalue weighted by Crippen LogP contribution is 2.10. The van der Waals surface area contributed by atoms with E-state index in [1.807, 2.05) is 20.8 Å². The molecule has 0 saturated carbocycles. The van der Waals surface area contributed by atoms with Crippen LogP contribution in [0.25, 0.3) is 0 Å². The lowest BCUT2D eigenvalue weighted by Gasteiger charge is -2.10. The van der Waals surface area contributed by atoms with Crippen LogP contribution >= 0.6 is 11.6 Å². The summed E-state index contributed by atoms with van der Waals surface area (Å²) in [4.78, 5) is 8.25. The molecule has 0 spiro atoms. The zero-order chi connectivity index (χ0) is 11.3. The number of alkyl halides is 1. The molecule has 84 valence electrons. The van der Waals surface area contributed by atoms with E-state index in [1.54, 1.807) is 12.4 Å². The molecule has 0 aliphatic heterocycles. The van der Waals surface area contributed by atoms with E-state index in [9.17, 15) is 0 Å². The molecule has 1 rings (SSSR count). The van der Waals surface area contributed by atoms with Crippen molar-refractivity contribution < 1.29 is 4.74 Å². The molecule has 1 aromatic rings. The average molecular weight is 230 g/mol. The van der Waals surface area contributed by atoms with Gasteiger partial charge in [-0.3, -0.25) is 4.98 Å². The SMILES string of the molecule is CC(Cl)CNc1cncc(OC(C)C)n1. The normalized spacial score (nSPS) is 12.6. The molecule has 0 aliphatic carbocycles. The molecule has 1 heterocycles.